The maximum Gasteiger partial charge on any atom is 0.180 e. The second kappa shape index (κ2) is 6.14. The molecule has 4 rings (SSSR count). The average molecular weight is 342 g/mol. The first kappa shape index (κ1) is 16.1. The van der Waals surface area contributed by atoms with Gasteiger partial charge < -0.3 is 9.14 Å². The molecule has 0 amide bonds. The highest BCUT2D eigenvalue weighted by Crippen LogP contribution is 2.45. The number of nitrogens with zero attached hydrogens (tertiary/aromatic N) is 2. The Morgan fingerprint density at radius 1 is 1.16 bits per heavy atom. The van der Waals surface area contributed by atoms with Crippen molar-refractivity contribution in [2.45, 2.75) is 45.6 Å². The van der Waals surface area contributed by atoms with Crippen LogP contribution in [0.1, 0.15) is 48.1 Å². The summed E-state index contributed by atoms with van der Waals surface area (Å²) in [4.78, 5) is 4.55. The molecular weight excluding hydrogens is 322 g/mol. The van der Waals surface area contributed by atoms with Gasteiger partial charge in [0.15, 0.2) is 11.4 Å². The fourth-order valence-corrected chi connectivity index (χ4v) is 3.35. The quantitative estimate of drug-likeness (QED) is 0.656. The van der Waals surface area contributed by atoms with Crippen LogP contribution in [0.2, 0.25) is 0 Å². The van der Waals surface area contributed by atoms with E-state index in [1.54, 1.807) is 0 Å². The molecule has 1 fully saturated rings. The molecule has 0 saturated heterocycles. The van der Waals surface area contributed by atoms with Crippen molar-refractivity contribution in [1.29, 1.82) is 0 Å². The molecule has 1 aliphatic rings. The van der Waals surface area contributed by atoms with Gasteiger partial charge in [-0.1, -0.05) is 13.0 Å². The Balaban J connectivity index is 1.79. The van der Waals surface area contributed by atoms with Crippen LogP contribution >= 0.6 is 0 Å². The number of hydrogen-bond acceptors (Lipinski definition) is 2. The van der Waals surface area contributed by atoms with Crippen molar-refractivity contribution >= 4 is 5.65 Å². The van der Waals surface area contributed by atoms with E-state index in [1.807, 2.05) is 17.5 Å². The van der Waals surface area contributed by atoms with E-state index < -0.39 is 11.6 Å². The van der Waals surface area contributed by atoms with Gasteiger partial charge in [-0.15, -0.1) is 0 Å². The lowest BCUT2D eigenvalue weighted by atomic mass is 10.0. The molecule has 2 aromatic heterocycles. The molecule has 0 spiro atoms. The SMILES string of the molecule is CCc1c(C2CC2)cn2cc(C)nc2c1OCc1c(F)cccc1F. The van der Waals surface area contributed by atoms with Crippen LogP contribution in [0.15, 0.2) is 30.6 Å². The van der Waals surface area contributed by atoms with Crippen molar-refractivity contribution in [2.24, 2.45) is 0 Å². The van der Waals surface area contributed by atoms with Crippen LogP contribution in [0.25, 0.3) is 5.65 Å². The maximum atomic E-state index is 13.9. The van der Waals surface area contributed by atoms with Gasteiger partial charge in [-0.2, -0.15) is 0 Å². The highest BCUT2D eigenvalue weighted by Gasteiger charge is 2.29. The standard InChI is InChI=1S/C20H20F2N2O/c1-3-14-15(13-7-8-13)10-24-9-12(2)23-20(24)19(14)25-11-16-17(21)5-4-6-18(16)22/h4-6,9-10,13H,3,7-8,11H2,1-2H3. The van der Waals surface area contributed by atoms with Crippen molar-refractivity contribution < 1.29 is 13.5 Å². The molecule has 5 heteroatoms. The normalized spacial score (nSPS) is 14.2. The van der Waals surface area contributed by atoms with E-state index in [1.165, 1.54) is 36.6 Å². The first-order chi connectivity index (χ1) is 12.1. The first-order valence-corrected chi connectivity index (χ1v) is 8.65. The van der Waals surface area contributed by atoms with Crippen molar-refractivity contribution in [3.8, 4) is 5.75 Å². The smallest absolute Gasteiger partial charge is 0.180 e. The van der Waals surface area contributed by atoms with Crippen LogP contribution in [-0.4, -0.2) is 9.38 Å². The van der Waals surface area contributed by atoms with Crippen LogP contribution in [0.4, 0.5) is 8.78 Å². The predicted molar refractivity (Wildman–Crippen MR) is 92.0 cm³/mol. The molecule has 0 unspecified atom stereocenters. The van der Waals surface area contributed by atoms with Gasteiger partial charge in [0.2, 0.25) is 0 Å². The van der Waals surface area contributed by atoms with E-state index in [0.717, 1.165) is 17.7 Å². The Morgan fingerprint density at radius 3 is 2.52 bits per heavy atom. The van der Waals surface area contributed by atoms with E-state index in [2.05, 4.69) is 18.1 Å². The number of aryl methyl sites for hydroxylation is 1. The Morgan fingerprint density at radius 2 is 1.88 bits per heavy atom. The Labute approximate surface area is 145 Å². The Bertz CT molecular complexity index is 924. The summed E-state index contributed by atoms with van der Waals surface area (Å²) in [6.45, 7) is 3.85. The van der Waals surface area contributed by atoms with E-state index in [9.17, 15) is 8.78 Å². The van der Waals surface area contributed by atoms with Gasteiger partial charge in [0.1, 0.15) is 18.2 Å². The minimum Gasteiger partial charge on any atom is -0.484 e. The fourth-order valence-electron chi connectivity index (χ4n) is 3.35. The minimum atomic E-state index is -0.591. The third-order valence-corrected chi connectivity index (χ3v) is 4.75. The summed E-state index contributed by atoms with van der Waals surface area (Å²) in [5, 5.41) is 0. The van der Waals surface area contributed by atoms with Gasteiger partial charge in [0.25, 0.3) is 0 Å². The molecule has 0 atom stereocenters. The summed E-state index contributed by atoms with van der Waals surface area (Å²) < 4.78 is 35.8. The van der Waals surface area contributed by atoms with Gasteiger partial charge in [-0.3, -0.25) is 0 Å². The summed E-state index contributed by atoms with van der Waals surface area (Å²) in [5.74, 6) is 0.0103. The zero-order valence-electron chi connectivity index (χ0n) is 14.4. The lowest BCUT2D eigenvalue weighted by molar-refractivity contribution is 0.291. The van der Waals surface area contributed by atoms with Crippen LogP contribution < -0.4 is 4.74 Å². The molecule has 0 bridgehead atoms. The molecule has 3 aromatic rings. The van der Waals surface area contributed by atoms with E-state index in [-0.39, 0.29) is 12.2 Å². The molecule has 25 heavy (non-hydrogen) atoms. The van der Waals surface area contributed by atoms with Crippen molar-refractivity contribution in [1.82, 2.24) is 9.38 Å². The number of pyridine rings is 1. The molecule has 130 valence electrons. The average Bonchev–Trinajstić information content (AvgIpc) is 3.35. The molecule has 1 saturated carbocycles. The van der Waals surface area contributed by atoms with Crippen LogP contribution in [0.3, 0.4) is 0 Å². The molecule has 3 nitrogen and oxygen atoms in total. The Kier molecular flexibility index (Phi) is 3.94. The predicted octanol–water partition coefficient (Wildman–Crippen LogP) is 4.94. The van der Waals surface area contributed by atoms with Crippen LogP contribution in [0.5, 0.6) is 5.75 Å². The number of fused-ring (bicyclic) bond motifs is 1. The second-order valence-corrected chi connectivity index (χ2v) is 6.62. The Hall–Kier alpha value is -2.43. The molecule has 0 radical (unpaired) electrons. The van der Waals surface area contributed by atoms with Gasteiger partial charge >= 0.3 is 0 Å². The molecule has 1 aliphatic carbocycles. The lowest BCUT2D eigenvalue weighted by Crippen LogP contribution is -2.07. The molecule has 0 aliphatic heterocycles. The van der Waals surface area contributed by atoms with E-state index in [0.29, 0.717) is 17.3 Å². The van der Waals surface area contributed by atoms with Crippen molar-refractivity contribution in [3.05, 3.63) is 64.6 Å². The van der Waals surface area contributed by atoms with E-state index >= 15 is 0 Å². The zero-order valence-corrected chi connectivity index (χ0v) is 14.4. The first-order valence-electron chi connectivity index (χ1n) is 8.65. The van der Waals surface area contributed by atoms with Crippen molar-refractivity contribution in [3.63, 3.8) is 0 Å². The highest BCUT2D eigenvalue weighted by molar-refractivity contribution is 5.62. The van der Waals surface area contributed by atoms with Gasteiger partial charge in [-0.05, 0) is 49.8 Å². The third-order valence-electron chi connectivity index (χ3n) is 4.75. The van der Waals surface area contributed by atoms with Gasteiger partial charge in [0, 0.05) is 18.0 Å². The van der Waals surface area contributed by atoms with Crippen LogP contribution in [-0.2, 0) is 13.0 Å². The molecule has 1 aromatic carbocycles. The topological polar surface area (TPSA) is 26.5 Å². The third kappa shape index (κ3) is 2.88. The lowest BCUT2D eigenvalue weighted by Gasteiger charge is -2.16. The second-order valence-electron chi connectivity index (χ2n) is 6.62. The molecular formula is C20H20F2N2O. The summed E-state index contributed by atoms with van der Waals surface area (Å²) in [7, 11) is 0. The van der Waals surface area contributed by atoms with Crippen molar-refractivity contribution in [2.75, 3.05) is 0 Å². The van der Waals surface area contributed by atoms with E-state index in [4.69, 9.17) is 4.74 Å². The summed E-state index contributed by atoms with van der Waals surface area (Å²) in [6, 6.07) is 3.85. The zero-order chi connectivity index (χ0) is 17.6. The van der Waals surface area contributed by atoms with Crippen LogP contribution in [0, 0.1) is 18.6 Å². The largest absolute Gasteiger partial charge is 0.484 e. The number of halogens is 2. The minimum absolute atomic E-state index is 0.0530. The number of ether oxygens (including phenoxy) is 1. The number of rotatable bonds is 5. The summed E-state index contributed by atoms with van der Waals surface area (Å²) in [6.07, 6.45) is 7.23. The maximum absolute atomic E-state index is 13.9. The van der Waals surface area contributed by atoms with Gasteiger partial charge in [-0.25, -0.2) is 13.8 Å². The molecule has 2 heterocycles. The van der Waals surface area contributed by atoms with Gasteiger partial charge in [0.05, 0.1) is 11.3 Å². The summed E-state index contributed by atoms with van der Waals surface area (Å²) in [5.41, 5.74) is 3.89. The number of hydrogen-bond donors (Lipinski definition) is 0. The monoisotopic (exact) mass is 342 g/mol. The highest BCUT2D eigenvalue weighted by atomic mass is 19.1. The number of imidazole rings is 1. The molecule has 0 N–H and O–H groups in total. The number of aromatic nitrogens is 2. The fraction of sp³-hybridized carbons (Fsp3) is 0.350. The summed E-state index contributed by atoms with van der Waals surface area (Å²) >= 11 is 0. The number of benzene rings is 1.